The van der Waals surface area contributed by atoms with Crippen molar-refractivity contribution in [3.8, 4) is 0 Å². The van der Waals surface area contributed by atoms with E-state index >= 15 is 0 Å². The Morgan fingerprint density at radius 1 is 1.50 bits per heavy atom. The molecule has 1 aliphatic carbocycles. The summed E-state index contributed by atoms with van der Waals surface area (Å²) < 4.78 is 4.92. The number of hydrogen-bond acceptors (Lipinski definition) is 2. The minimum absolute atomic E-state index is 0.694. The fourth-order valence-electron chi connectivity index (χ4n) is 1.41. The van der Waals surface area contributed by atoms with Gasteiger partial charge in [-0.25, -0.2) is 0 Å². The zero-order valence-electron chi connectivity index (χ0n) is 9.01. The van der Waals surface area contributed by atoms with Gasteiger partial charge in [0, 0.05) is 20.2 Å². The average molecular weight is 216 g/mol. The second kappa shape index (κ2) is 6.19. The molecule has 1 saturated carbocycles. The van der Waals surface area contributed by atoms with Crippen molar-refractivity contribution in [1.29, 1.82) is 0 Å². The summed E-state index contributed by atoms with van der Waals surface area (Å²) in [6, 6.07) is 0. The molecule has 1 atom stereocenters. The van der Waals surface area contributed by atoms with Gasteiger partial charge in [-0.1, -0.05) is 6.92 Å². The smallest absolute Gasteiger partial charge is 0.166 e. The molecule has 0 aromatic rings. The number of hydrogen-bond donors (Lipinski definition) is 2. The van der Waals surface area contributed by atoms with Gasteiger partial charge in [0.15, 0.2) is 5.11 Å². The fraction of sp³-hybridized carbons (Fsp3) is 0.900. The summed E-state index contributed by atoms with van der Waals surface area (Å²) in [6.07, 6.45) is 2.79. The summed E-state index contributed by atoms with van der Waals surface area (Å²) in [4.78, 5) is 0. The van der Waals surface area contributed by atoms with Gasteiger partial charge in [0.05, 0.1) is 6.61 Å². The van der Waals surface area contributed by atoms with Crippen LogP contribution in [0.4, 0.5) is 0 Å². The Kier molecular flexibility index (Phi) is 5.19. The predicted octanol–water partition coefficient (Wildman–Crippen LogP) is 1.14. The molecule has 0 saturated heterocycles. The van der Waals surface area contributed by atoms with E-state index in [0.29, 0.717) is 6.61 Å². The molecule has 0 aliphatic heterocycles. The highest BCUT2D eigenvalue weighted by Gasteiger charge is 2.27. The van der Waals surface area contributed by atoms with Crippen LogP contribution >= 0.6 is 12.2 Å². The van der Waals surface area contributed by atoms with Gasteiger partial charge in [0.1, 0.15) is 0 Å². The Balaban J connectivity index is 1.96. The second-order valence-electron chi connectivity index (χ2n) is 3.94. The van der Waals surface area contributed by atoms with Gasteiger partial charge >= 0.3 is 0 Å². The molecule has 3 nitrogen and oxygen atoms in total. The highest BCUT2D eigenvalue weighted by molar-refractivity contribution is 7.80. The van der Waals surface area contributed by atoms with E-state index in [4.69, 9.17) is 17.0 Å². The summed E-state index contributed by atoms with van der Waals surface area (Å²) in [5, 5.41) is 7.07. The number of rotatable bonds is 6. The number of thiocarbonyl (C=S) groups is 1. The molecule has 0 aromatic carbocycles. The van der Waals surface area contributed by atoms with Gasteiger partial charge < -0.3 is 15.4 Å². The van der Waals surface area contributed by atoms with Crippen LogP contribution in [0.3, 0.4) is 0 Å². The quantitative estimate of drug-likeness (QED) is 0.515. The Morgan fingerprint density at radius 3 is 2.79 bits per heavy atom. The first kappa shape index (κ1) is 11.7. The minimum atomic E-state index is 0.694. The Labute approximate surface area is 91.6 Å². The summed E-state index contributed by atoms with van der Waals surface area (Å²) in [6.45, 7) is 4.74. The van der Waals surface area contributed by atoms with Crippen molar-refractivity contribution < 1.29 is 4.74 Å². The summed E-state index contributed by atoms with van der Waals surface area (Å²) in [7, 11) is 1.69. The monoisotopic (exact) mass is 216 g/mol. The zero-order valence-corrected chi connectivity index (χ0v) is 9.82. The van der Waals surface area contributed by atoms with Gasteiger partial charge in [0.25, 0.3) is 0 Å². The lowest BCUT2D eigenvalue weighted by molar-refractivity contribution is 0.204. The van der Waals surface area contributed by atoms with E-state index in [1.807, 2.05) is 0 Å². The number of nitrogens with one attached hydrogen (secondary N) is 2. The van der Waals surface area contributed by atoms with E-state index in [0.717, 1.165) is 30.0 Å². The molecule has 1 rings (SSSR count). The number of ether oxygens (including phenoxy) is 1. The van der Waals surface area contributed by atoms with E-state index < -0.39 is 0 Å². The molecule has 0 bridgehead atoms. The SMILES string of the molecule is COCCNC(=S)NCC(C)C1CC1. The largest absolute Gasteiger partial charge is 0.383 e. The Hall–Kier alpha value is -0.350. The maximum atomic E-state index is 5.11. The molecule has 0 radical (unpaired) electrons. The van der Waals surface area contributed by atoms with Gasteiger partial charge in [-0.05, 0) is 36.9 Å². The molecular weight excluding hydrogens is 196 g/mol. The van der Waals surface area contributed by atoms with Crippen LogP contribution < -0.4 is 10.6 Å². The molecule has 1 unspecified atom stereocenters. The second-order valence-corrected chi connectivity index (χ2v) is 4.35. The van der Waals surface area contributed by atoms with Crippen LogP contribution in [0.5, 0.6) is 0 Å². The zero-order chi connectivity index (χ0) is 10.4. The van der Waals surface area contributed by atoms with Crippen molar-refractivity contribution in [2.24, 2.45) is 11.8 Å². The first-order valence-electron chi connectivity index (χ1n) is 5.24. The fourth-order valence-corrected chi connectivity index (χ4v) is 1.60. The maximum Gasteiger partial charge on any atom is 0.166 e. The van der Waals surface area contributed by atoms with E-state index in [-0.39, 0.29) is 0 Å². The normalized spacial score (nSPS) is 17.6. The van der Waals surface area contributed by atoms with Crippen LogP contribution in [0.2, 0.25) is 0 Å². The average Bonchev–Trinajstić information content (AvgIpc) is 2.98. The molecule has 1 aliphatic rings. The van der Waals surface area contributed by atoms with E-state index in [1.165, 1.54) is 12.8 Å². The van der Waals surface area contributed by atoms with Gasteiger partial charge in [0.2, 0.25) is 0 Å². The third-order valence-corrected chi connectivity index (χ3v) is 2.89. The molecule has 1 fully saturated rings. The molecule has 0 spiro atoms. The summed E-state index contributed by atoms with van der Waals surface area (Å²) in [5.74, 6) is 1.68. The molecule has 4 heteroatoms. The molecule has 14 heavy (non-hydrogen) atoms. The van der Waals surface area contributed by atoms with Gasteiger partial charge in [-0.15, -0.1) is 0 Å². The lowest BCUT2D eigenvalue weighted by atomic mass is 10.1. The van der Waals surface area contributed by atoms with E-state index in [2.05, 4.69) is 17.6 Å². The Bertz CT molecular complexity index is 183. The molecule has 0 heterocycles. The molecule has 0 amide bonds. The van der Waals surface area contributed by atoms with Crippen molar-refractivity contribution in [3.63, 3.8) is 0 Å². The topological polar surface area (TPSA) is 33.3 Å². The van der Waals surface area contributed by atoms with Crippen molar-refractivity contribution in [2.75, 3.05) is 26.8 Å². The first-order valence-corrected chi connectivity index (χ1v) is 5.65. The summed E-state index contributed by atoms with van der Waals surface area (Å²) in [5.41, 5.74) is 0. The van der Waals surface area contributed by atoms with Crippen molar-refractivity contribution in [3.05, 3.63) is 0 Å². The molecule has 0 aromatic heterocycles. The van der Waals surface area contributed by atoms with Gasteiger partial charge in [-0.2, -0.15) is 0 Å². The maximum absolute atomic E-state index is 5.11. The van der Waals surface area contributed by atoms with Crippen LogP contribution in [-0.2, 0) is 4.74 Å². The van der Waals surface area contributed by atoms with Crippen LogP contribution in [0.25, 0.3) is 0 Å². The van der Waals surface area contributed by atoms with E-state index in [1.54, 1.807) is 7.11 Å². The third-order valence-electron chi connectivity index (χ3n) is 2.60. The van der Waals surface area contributed by atoms with Crippen molar-refractivity contribution in [1.82, 2.24) is 10.6 Å². The van der Waals surface area contributed by atoms with Crippen LogP contribution in [0.15, 0.2) is 0 Å². The van der Waals surface area contributed by atoms with Crippen LogP contribution in [0.1, 0.15) is 19.8 Å². The highest BCUT2D eigenvalue weighted by Crippen LogP contribution is 2.35. The van der Waals surface area contributed by atoms with Gasteiger partial charge in [-0.3, -0.25) is 0 Å². The molecule has 2 N–H and O–H groups in total. The summed E-state index contributed by atoms with van der Waals surface area (Å²) >= 11 is 5.11. The van der Waals surface area contributed by atoms with Crippen molar-refractivity contribution in [2.45, 2.75) is 19.8 Å². The van der Waals surface area contributed by atoms with Crippen LogP contribution in [0, 0.1) is 11.8 Å². The molecule has 82 valence electrons. The van der Waals surface area contributed by atoms with Crippen LogP contribution in [-0.4, -0.2) is 31.9 Å². The minimum Gasteiger partial charge on any atom is -0.383 e. The lowest BCUT2D eigenvalue weighted by Crippen LogP contribution is -2.39. The Morgan fingerprint density at radius 2 is 2.21 bits per heavy atom. The highest BCUT2D eigenvalue weighted by atomic mass is 32.1. The third kappa shape index (κ3) is 4.77. The van der Waals surface area contributed by atoms with E-state index in [9.17, 15) is 0 Å². The lowest BCUT2D eigenvalue weighted by Gasteiger charge is -2.14. The van der Waals surface area contributed by atoms with Crippen molar-refractivity contribution >= 4 is 17.3 Å². The molecular formula is C10H20N2OS. The standard InChI is InChI=1S/C10H20N2OS/c1-8(9-3-4-9)7-12-10(14)11-5-6-13-2/h8-9H,3-7H2,1-2H3,(H2,11,12,14). The predicted molar refractivity (Wildman–Crippen MR) is 62.4 cm³/mol. The first-order chi connectivity index (χ1) is 6.74. The number of methoxy groups -OCH3 is 1.